The first-order valence-corrected chi connectivity index (χ1v) is 18.5. The molecule has 4 nitrogen and oxygen atoms in total. The van der Waals surface area contributed by atoms with E-state index in [1.165, 1.54) is 0 Å². The van der Waals surface area contributed by atoms with E-state index in [0.29, 0.717) is 11.5 Å². The molecule has 0 saturated carbocycles. The Morgan fingerprint density at radius 2 is 1.53 bits per heavy atom. The fraction of sp³-hybridized carbons (Fsp3) is 0.652. The van der Waals surface area contributed by atoms with Crippen molar-refractivity contribution in [1.29, 1.82) is 0 Å². The van der Waals surface area contributed by atoms with Gasteiger partial charge in [-0.15, -0.1) is 5.54 Å². The summed E-state index contributed by atoms with van der Waals surface area (Å²) < 4.78 is 35.3. The van der Waals surface area contributed by atoms with Gasteiger partial charge in [-0.1, -0.05) is 64.0 Å². The van der Waals surface area contributed by atoms with Crippen LogP contribution in [0.4, 0.5) is 0 Å². The van der Waals surface area contributed by atoms with Crippen molar-refractivity contribution in [2.24, 2.45) is 0 Å². The molecule has 1 heterocycles. The maximum absolute atomic E-state index is 13.6. The molecular weight excluding hydrogens is 426 g/mol. The SMILES string of the molecule is Cc1cc(C)c(S(=O)(=O)N2[C@@H](C#C[Si](C)(C)C)[C@@H]2CO[Si](C)(C)C(C)(C)C)c(C)c1. The molecule has 1 aromatic carbocycles. The average Bonchev–Trinajstić information content (AvgIpc) is 3.22. The van der Waals surface area contributed by atoms with E-state index in [-0.39, 0.29) is 17.1 Å². The lowest BCUT2D eigenvalue weighted by Crippen LogP contribution is -2.42. The van der Waals surface area contributed by atoms with Gasteiger partial charge in [0.15, 0.2) is 8.32 Å². The van der Waals surface area contributed by atoms with Crippen LogP contribution in [0.2, 0.25) is 37.8 Å². The van der Waals surface area contributed by atoms with Crippen molar-refractivity contribution >= 4 is 26.4 Å². The van der Waals surface area contributed by atoms with Crippen molar-refractivity contribution in [3.63, 3.8) is 0 Å². The zero-order valence-electron chi connectivity index (χ0n) is 20.6. The minimum Gasteiger partial charge on any atom is -0.415 e. The lowest BCUT2D eigenvalue weighted by Gasteiger charge is -2.36. The predicted molar refractivity (Wildman–Crippen MR) is 132 cm³/mol. The van der Waals surface area contributed by atoms with Crippen molar-refractivity contribution < 1.29 is 12.8 Å². The topological polar surface area (TPSA) is 46.4 Å². The van der Waals surface area contributed by atoms with Gasteiger partial charge in [0.1, 0.15) is 14.1 Å². The lowest BCUT2D eigenvalue weighted by atomic mass is 10.1. The minimum absolute atomic E-state index is 0.0786. The van der Waals surface area contributed by atoms with Crippen LogP contribution in [0.3, 0.4) is 0 Å². The van der Waals surface area contributed by atoms with Crippen LogP contribution < -0.4 is 0 Å². The zero-order chi connectivity index (χ0) is 23.3. The van der Waals surface area contributed by atoms with Gasteiger partial charge in [-0.05, 0) is 50.0 Å². The molecule has 1 aromatic rings. The number of hydrogen-bond acceptors (Lipinski definition) is 3. The molecule has 1 saturated heterocycles. The van der Waals surface area contributed by atoms with Crippen LogP contribution in [-0.2, 0) is 14.4 Å². The molecular formula is C23H39NO3SSi2. The third kappa shape index (κ3) is 5.46. The van der Waals surface area contributed by atoms with E-state index in [1.54, 1.807) is 4.31 Å². The first-order chi connectivity index (χ1) is 13.4. The largest absolute Gasteiger partial charge is 0.415 e. The highest BCUT2D eigenvalue weighted by molar-refractivity contribution is 7.89. The van der Waals surface area contributed by atoms with Gasteiger partial charge in [0.2, 0.25) is 10.0 Å². The minimum atomic E-state index is -3.63. The second-order valence-corrected chi connectivity index (χ2v) is 22.5. The van der Waals surface area contributed by atoms with Gasteiger partial charge in [0, 0.05) is 0 Å². The molecule has 0 aliphatic carbocycles. The van der Waals surface area contributed by atoms with E-state index < -0.39 is 26.4 Å². The van der Waals surface area contributed by atoms with Gasteiger partial charge in [-0.3, -0.25) is 0 Å². The smallest absolute Gasteiger partial charge is 0.245 e. The van der Waals surface area contributed by atoms with E-state index in [1.807, 2.05) is 32.9 Å². The van der Waals surface area contributed by atoms with Crippen molar-refractivity contribution in [1.82, 2.24) is 4.31 Å². The summed E-state index contributed by atoms with van der Waals surface area (Å²) in [6.45, 7) is 23.7. The van der Waals surface area contributed by atoms with Crippen LogP contribution in [0.1, 0.15) is 37.5 Å². The summed E-state index contributed by atoms with van der Waals surface area (Å²) in [4.78, 5) is 0.419. The van der Waals surface area contributed by atoms with E-state index in [0.717, 1.165) is 16.7 Å². The van der Waals surface area contributed by atoms with Crippen LogP contribution in [0.25, 0.3) is 0 Å². The summed E-state index contributed by atoms with van der Waals surface area (Å²) in [5.41, 5.74) is 6.03. The lowest BCUT2D eigenvalue weighted by molar-refractivity contribution is 0.281. The van der Waals surface area contributed by atoms with E-state index in [9.17, 15) is 8.42 Å². The molecule has 0 spiro atoms. The van der Waals surface area contributed by atoms with Crippen LogP contribution in [-0.4, -0.2) is 47.8 Å². The standard InChI is InChI=1S/C23H39NO3SSi2/c1-17-14-18(2)22(19(3)15-17)28(25,26)24-20(12-13-29(7,8)9)21(24)16-27-30(10,11)23(4,5)6/h14-15,20-21H,16H2,1-11H3/t20-,21-,24?/m0/s1. The summed E-state index contributed by atoms with van der Waals surface area (Å²) in [6.07, 6.45) is 0. The Morgan fingerprint density at radius 1 is 1.03 bits per heavy atom. The van der Waals surface area contributed by atoms with E-state index in [4.69, 9.17) is 4.43 Å². The van der Waals surface area contributed by atoms with Crippen LogP contribution in [0.5, 0.6) is 0 Å². The summed E-state index contributed by atoms with van der Waals surface area (Å²) in [5.74, 6) is 3.29. The monoisotopic (exact) mass is 465 g/mol. The van der Waals surface area contributed by atoms with Gasteiger partial charge < -0.3 is 4.43 Å². The Labute approximate surface area is 186 Å². The van der Waals surface area contributed by atoms with Gasteiger partial charge in [0.25, 0.3) is 0 Å². The molecule has 3 atom stereocenters. The quantitative estimate of drug-likeness (QED) is 0.339. The van der Waals surface area contributed by atoms with Gasteiger partial charge in [-0.25, -0.2) is 8.42 Å². The van der Waals surface area contributed by atoms with Gasteiger partial charge in [0.05, 0.1) is 17.5 Å². The highest BCUT2D eigenvalue weighted by atomic mass is 32.2. The van der Waals surface area contributed by atoms with Gasteiger partial charge >= 0.3 is 0 Å². The fourth-order valence-electron chi connectivity index (χ4n) is 3.39. The normalized spacial score (nSPS) is 22.4. The summed E-state index contributed by atoms with van der Waals surface area (Å²) >= 11 is 0. The Balaban J connectivity index is 2.40. The number of rotatable bonds is 5. The number of sulfonamides is 1. The number of nitrogens with zero attached hydrogens (tertiary/aromatic N) is 1. The summed E-state index contributed by atoms with van der Waals surface area (Å²) in [7, 11) is -7.22. The molecule has 1 aliphatic rings. The highest BCUT2D eigenvalue weighted by Gasteiger charge is 2.56. The van der Waals surface area contributed by atoms with Crippen molar-refractivity contribution in [3.8, 4) is 11.5 Å². The van der Waals surface area contributed by atoms with Gasteiger partial charge in [-0.2, -0.15) is 4.31 Å². The highest BCUT2D eigenvalue weighted by Crippen LogP contribution is 2.41. The molecule has 30 heavy (non-hydrogen) atoms. The first kappa shape index (κ1) is 25.3. The van der Waals surface area contributed by atoms with Crippen LogP contribution >= 0.6 is 0 Å². The van der Waals surface area contributed by atoms with Crippen LogP contribution in [0, 0.1) is 32.2 Å². The van der Waals surface area contributed by atoms with E-state index in [2.05, 4.69) is 65.0 Å². The molecule has 1 aliphatic heterocycles. The van der Waals surface area contributed by atoms with Crippen LogP contribution in [0.15, 0.2) is 17.0 Å². The Bertz CT molecular complexity index is 953. The first-order valence-electron chi connectivity index (χ1n) is 10.7. The molecule has 0 radical (unpaired) electrons. The van der Waals surface area contributed by atoms with Crippen molar-refractivity contribution in [2.75, 3.05) is 6.61 Å². The molecule has 168 valence electrons. The van der Waals surface area contributed by atoms with E-state index >= 15 is 0 Å². The summed E-state index contributed by atoms with van der Waals surface area (Å²) in [6, 6.07) is 3.36. The third-order valence-electron chi connectivity index (χ3n) is 6.03. The predicted octanol–water partition coefficient (Wildman–Crippen LogP) is 5.26. The second kappa shape index (κ2) is 8.21. The fourth-order valence-corrected chi connectivity index (χ4v) is 7.10. The Kier molecular flexibility index (Phi) is 6.94. The van der Waals surface area contributed by atoms with Crippen molar-refractivity contribution in [3.05, 3.63) is 28.8 Å². The molecule has 7 heteroatoms. The zero-order valence-corrected chi connectivity index (χ0v) is 23.4. The molecule has 0 bridgehead atoms. The molecule has 2 rings (SSSR count). The Morgan fingerprint density at radius 3 is 1.97 bits per heavy atom. The average molecular weight is 466 g/mol. The molecule has 0 aromatic heterocycles. The third-order valence-corrected chi connectivity index (χ3v) is 13.6. The van der Waals surface area contributed by atoms with Crippen molar-refractivity contribution in [2.45, 2.75) is 96.3 Å². The molecule has 1 unspecified atom stereocenters. The maximum Gasteiger partial charge on any atom is 0.245 e. The maximum atomic E-state index is 13.6. The number of aryl methyl sites for hydroxylation is 3. The Hall–Kier alpha value is -0.916. The second-order valence-electron chi connectivity index (χ2n) is 11.2. The number of benzene rings is 1. The summed E-state index contributed by atoms with van der Waals surface area (Å²) in [5, 5.41) is 0.0786. The molecule has 0 N–H and O–H groups in total. The molecule has 0 amide bonds. The number of hydrogen-bond donors (Lipinski definition) is 0. The molecule has 1 fully saturated rings.